The normalized spacial score (nSPS) is 9.95. The van der Waals surface area contributed by atoms with Crippen molar-refractivity contribution >= 4 is 23.8 Å². The third-order valence-corrected chi connectivity index (χ3v) is 2.17. The summed E-state index contributed by atoms with van der Waals surface area (Å²) in [4.78, 5) is 43.8. The summed E-state index contributed by atoms with van der Waals surface area (Å²) in [5.74, 6) is -5.98. The van der Waals surface area contributed by atoms with Crippen LogP contribution in [-0.4, -0.2) is 45.2 Å². The number of carboxylic acid groups (broad SMARTS) is 3. The Hall–Kier alpha value is -2.90. The number of hydrogen-bond acceptors (Lipinski definition) is 4. The summed E-state index contributed by atoms with van der Waals surface area (Å²) in [6.45, 7) is 0. The SMILES string of the molecule is O=C(O)c1ccccc1C(=O)NC(C(=O)O)C(=O)O. The summed E-state index contributed by atoms with van der Waals surface area (Å²) in [5.41, 5.74) is -0.669. The van der Waals surface area contributed by atoms with E-state index in [-0.39, 0.29) is 11.1 Å². The maximum atomic E-state index is 11.7. The van der Waals surface area contributed by atoms with E-state index in [2.05, 4.69) is 0 Å². The van der Waals surface area contributed by atoms with Crippen molar-refractivity contribution in [3.63, 3.8) is 0 Å². The van der Waals surface area contributed by atoms with Gasteiger partial charge in [0.2, 0.25) is 6.04 Å². The second-order valence-corrected chi connectivity index (χ2v) is 3.43. The summed E-state index contributed by atoms with van der Waals surface area (Å²) in [7, 11) is 0. The molecule has 0 aromatic heterocycles. The fourth-order valence-electron chi connectivity index (χ4n) is 1.31. The lowest BCUT2D eigenvalue weighted by Gasteiger charge is -2.11. The van der Waals surface area contributed by atoms with Crippen LogP contribution < -0.4 is 5.32 Å². The van der Waals surface area contributed by atoms with Gasteiger partial charge in [0, 0.05) is 0 Å². The van der Waals surface area contributed by atoms with E-state index in [9.17, 15) is 19.2 Å². The van der Waals surface area contributed by atoms with Crippen molar-refractivity contribution in [3.8, 4) is 0 Å². The third-order valence-electron chi connectivity index (χ3n) is 2.17. The number of carboxylic acids is 3. The van der Waals surface area contributed by atoms with Gasteiger partial charge in [0.25, 0.3) is 5.91 Å². The molecule has 0 aliphatic rings. The number of carbonyl (C=O) groups excluding carboxylic acids is 1. The van der Waals surface area contributed by atoms with E-state index < -0.39 is 29.9 Å². The zero-order valence-electron chi connectivity index (χ0n) is 9.36. The van der Waals surface area contributed by atoms with Crippen LogP contribution >= 0.6 is 0 Å². The Morgan fingerprint density at radius 1 is 0.895 bits per heavy atom. The first-order chi connectivity index (χ1) is 8.84. The smallest absolute Gasteiger partial charge is 0.338 e. The zero-order chi connectivity index (χ0) is 14.6. The van der Waals surface area contributed by atoms with Crippen LogP contribution in [0.1, 0.15) is 20.7 Å². The highest BCUT2D eigenvalue weighted by molar-refractivity contribution is 6.08. The number of nitrogens with one attached hydrogen (secondary N) is 1. The first-order valence-corrected chi connectivity index (χ1v) is 4.93. The van der Waals surface area contributed by atoms with E-state index in [1.54, 1.807) is 5.32 Å². The lowest BCUT2D eigenvalue weighted by Crippen LogP contribution is -2.46. The molecule has 1 aromatic rings. The molecule has 0 spiro atoms. The van der Waals surface area contributed by atoms with Crippen LogP contribution in [0.25, 0.3) is 0 Å². The monoisotopic (exact) mass is 267 g/mol. The van der Waals surface area contributed by atoms with E-state index in [4.69, 9.17) is 15.3 Å². The highest BCUT2D eigenvalue weighted by Gasteiger charge is 2.29. The minimum absolute atomic E-state index is 0.317. The van der Waals surface area contributed by atoms with Gasteiger partial charge in [-0.25, -0.2) is 14.4 Å². The van der Waals surface area contributed by atoms with E-state index in [1.807, 2.05) is 0 Å². The molecule has 0 atom stereocenters. The molecule has 8 nitrogen and oxygen atoms in total. The molecule has 0 fully saturated rings. The highest BCUT2D eigenvalue weighted by Crippen LogP contribution is 2.09. The van der Waals surface area contributed by atoms with Crippen molar-refractivity contribution in [1.82, 2.24) is 5.32 Å². The van der Waals surface area contributed by atoms with Crippen LogP contribution in [0, 0.1) is 0 Å². The number of rotatable bonds is 5. The Morgan fingerprint density at radius 3 is 1.79 bits per heavy atom. The van der Waals surface area contributed by atoms with Crippen LogP contribution in [0.2, 0.25) is 0 Å². The van der Waals surface area contributed by atoms with Crippen molar-refractivity contribution < 1.29 is 34.5 Å². The molecule has 0 aliphatic carbocycles. The molecule has 8 heteroatoms. The molecule has 0 unspecified atom stereocenters. The molecule has 0 saturated heterocycles. The van der Waals surface area contributed by atoms with Crippen LogP contribution in [0.5, 0.6) is 0 Å². The Bertz CT molecular complexity index is 538. The van der Waals surface area contributed by atoms with Gasteiger partial charge in [-0.1, -0.05) is 12.1 Å². The van der Waals surface area contributed by atoms with Crippen molar-refractivity contribution in [1.29, 1.82) is 0 Å². The number of amides is 1. The van der Waals surface area contributed by atoms with Gasteiger partial charge in [0.05, 0.1) is 11.1 Å². The molecule has 0 bridgehead atoms. The first kappa shape index (κ1) is 14.2. The second kappa shape index (κ2) is 5.63. The largest absolute Gasteiger partial charge is 0.479 e. The Morgan fingerprint density at radius 2 is 1.37 bits per heavy atom. The van der Waals surface area contributed by atoms with Gasteiger partial charge < -0.3 is 20.6 Å². The van der Waals surface area contributed by atoms with Crippen molar-refractivity contribution in [2.24, 2.45) is 0 Å². The molecule has 1 amide bonds. The average Bonchev–Trinajstić information content (AvgIpc) is 2.34. The summed E-state index contributed by atoms with van der Waals surface area (Å²) in [6.07, 6.45) is 0. The van der Waals surface area contributed by atoms with Crippen molar-refractivity contribution in [2.45, 2.75) is 6.04 Å². The van der Waals surface area contributed by atoms with E-state index in [0.717, 1.165) is 12.1 Å². The molecular weight excluding hydrogens is 258 g/mol. The predicted octanol–water partition coefficient (Wildman–Crippen LogP) is -0.348. The molecule has 19 heavy (non-hydrogen) atoms. The molecule has 0 heterocycles. The Kier molecular flexibility index (Phi) is 4.19. The van der Waals surface area contributed by atoms with Gasteiger partial charge in [-0.05, 0) is 12.1 Å². The lowest BCUT2D eigenvalue weighted by molar-refractivity contribution is -0.150. The van der Waals surface area contributed by atoms with Gasteiger partial charge in [-0.2, -0.15) is 0 Å². The Balaban J connectivity index is 3.05. The van der Waals surface area contributed by atoms with Crippen LogP contribution in [0.3, 0.4) is 0 Å². The maximum absolute atomic E-state index is 11.7. The van der Waals surface area contributed by atoms with E-state index in [0.29, 0.717) is 0 Å². The summed E-state index contributed by atoms with van der Waals surface area (Å²) < 4.78 is 0. The van der Waals surface area contributed by atoms with Crippen molar-refractivity contribution in [3.05, 3.63) is 35.4 Å². The van der Waals surface area contributed by atoms with Crippen molar-refractivity contribution in [2.75, 3.05) is 0 Å². The van der Waals surface area contributed by atoms with Gasteiger partial charge in [-0.15, -0.1) is 0 Å². The zero-order valence-corrected chi connectivity index (χ0v) is 9.36. The molecule has 1 rings (SSSR count). The minimum Gasteiger partial charge on any atom is -0.479 e. The second-order valence-electron chi connectivity index (χ2n) is 3.43. The maximum Gasteiger partial charge on any atom is 0.338 e. The predicted molar refractivity (Wildman–Crippen MR) is 59.9 cm³/mol. The van der Waals surface area contributed by atoms with Crippen LogP contribution in [-0.2, 0) is 9.59 Å². The summed E-state index contributed by atoms with van der Waals surface area (Å²) in [6, 6.07) is 2.91. The third kappa shape index (κ3) is 3.28. The van der Waals surface area contributed by atoms with Gasteiger partial charge in [-0.3, -0.25) is 4.79 Å². The average molecular weight is 267 g/mol. The standard InChI is InChI=1S/C11H9NO7/c13-8(12-7(10(16)17)11(18)19)5-3-1-2-4-6(5)9(14)15/h1-4,7H,(H,12,13)(H,14,15)(H,16,17)(H,18,19). The van der Waals surface area contributed by atoms with Crippen LogP contribution in [0.15, 0.2) is 24.3 Å². The molecule has 4 N–H and O–H groups in total. The highest BCUT2D eigenvalue weighted by atomic mass is 16.4. The summed E-state index contributed by atoms with van der Waals surface area (Å²) in [5, 5.41) is 27.8. The molecule has 0 saturated carbocycles. The topological polar surface area (TPSA) is 141 Å². The van der Waals surface area contributed by atoms with Gasteiger partial charge in [0.15, 0.2) is 0 Å². The molecule has 1 aromatic carbocycles. The fourth-order valence-corrected chi connectivity index (χ4v) is 1.31. The molecule has 0 aliphatic heterocycles. The van der Waals surface area contributed by atoms with Crippen LogP contribution in [0.4, 0.5) is 0 Å². The number of benzene rings is 1. The number of aromatic carboxylic acids is 1. The Labute approximate surface area is 106 Å². The lowest BCUT2D eigenvalue weighted by atomic mass is 10.1. The minimum atomic E-state index is -2.14. The molecular formula is C11H9NO7. The van der Waals surface area contributed by atoms with E-state index >= 15 is 0 Å². The molecule has 100 valence electrons. The first-order valence-electron chi connectivity index (χ1n) is 4.93. The van der Waals surface area contributed by atoms with Gasteiger partial charge in [0.1, 0.15) is 0 Å². The number of carbonyl (C=O) groups is 4. The fraction of sp³-hybridized carbons (Fsp3) is 0.0909. The van der Waals surface area contributed by atoms with E-state index in [1.165, 1.54) is 12.1 Å². The number of hydrogen-bond donors (Lipinski definition) is 4. The number of aliphatic carboxylic acids is 2. The quantitative estimate of drug-likeness (QED) is 0.534. The molecule has 0 radical (unpaired) electrons. The summed E-state index contributed by atoms with van der Waals surface area (Å²) >= 11 is 0. The van der Waals surface area contributed by atoms with Gasteiger partial charge >= 0.3 is 17.9 Å².